The molecule has 0 aromatic heterocycles. The highest BCUT2D eigenvalue weighted by Gasteiger charge is 2.15. The van der Waals surface area contributed by atoms with Crippen molar-refractivity contribution in [2.24, 2.45) is 5.73 Å². The summed E-state index contributed by atoms with van der Waals surface area (Å²) >= 11 is 0. The van der Waals surface area contributed by atoms with E-state index in [0.717, 1.165) is 24.8 Å². The molecule has 0 aliphatic carbocycles. The van der Waals surface area contributed by atoms with Crippen LogP contribution in [-0.2, 0) is 20.7 Å². The zero-order valence-electron chi connectivity index (χ0n) is 18.4. The molecule has 0 radical (unpaired) electrons. The van der Waals surface area contributed by atoms with Crippen LogP contribution >= 0.6 is 0 Å². The number of nitrogens with two attached hydrogens (primary N) is 1. The summed E-state index contributed by atoms with van der Waals surface area (Å²) in [6, 6.07) is 9.24. The van der Waals surface area contributed by atoms with Gasteiger partial charge in [0.05, 0.1) is 18.3 Å². The van der Waals surface area contributed by atoms with E-state index in [1.54, 1.807) is 0 Å². The number of ether oxygens (including phenoxy) is 2. The Morgan fingerprint density at radius 3 is 2.14 bits per heavy atom. The summed E-state index contributed by atoms with van der Waals surface area (Å²) < 4.78 is 11.2. The maximum Gasteiger partial charge on any atom is 0.323 e. The number of carbonyl (C=O) groups excluding carboxylic acids is 1. The Bertz CT molecular complexity index is 524. The molecule has 160 valence electrons. The van der Waals surface area contributed by atoms with Gasteiger partial charge in [0.25, 0.3) is 0 Å². The number of hydrogen-bond donors (Lipinski definition) is 1. The van der Waals surface area contributed by atoms with Gasteiger partial charge in [-0.2, -0.15) is 0 Å². The monoisotopic (exact) mass is 391 g/mol. The van der Waals surface area contributed by atoms with Gasteiger partial charge in [-0.1, -0.05) is 68.9 Å². The lowest BCUT2D eigenvalue weighted by molar-refractivity contribution is -0.145. The van der Waals surface area contributed by atoms with Gasteiger partial charge in [0.1, 0.15) is 6.04 Å². The second-order valence-electron chi connectivity index (χ2n) is 8.77. The number of benzene rings is 1. The van der Waals surface area contributed by atoms with Crippen LogP contribution < -0.4 is 5.73 Å². The Labute approximate surface area is 172 Å². The highest BCUT2D eigenvalue weighted by Crippen LogP contribution is 2.16. The molecule has 0 saturated carbocycles. The minimum absolute atomic E-state index is 0.0473. The van der Waals surface area contributed by atoms with Crippen LogP contribution in [0.25, 0.3) is 0 Å². The standard InChI is InChI=1S/C24H41NO3/c1-20(28-24(2,3)4)15-11-8-6-5-7-9-14-18-27-23(26)22(25)19-21-16-12-10-13-17-21/h10,12-13,16-17,20,22H,5-9,11,14-15,18-19,25H2,1-4H3. The molecule has 0 spiro atoms. The molecular formula is C24H41NO3. The van der Waals surface area contributed by atoms with Crippen molar-refractivity contribution in [2.45, 2.75) is 103 Å². The van der Waals surface area contributed by atoms with E-state index in [4.69, 9.17) is 15.2 Å². The largest absolute Gasteiger partial charge is 0.465 e. The fourth-order valence-corrected chi connectivity index (χ4v) is 3.31. The zero-order chi connectivity index (χ0) is 20.8. The Morgan fingerprint density at radius 2 is 1.54 bits per heavy atom. The normalized spacial score (nSPS) is 13.9. The first-order chi connectivity index (χ1) is 13.3. The van der Waals surface area contributed by atoms with Crippen LogP contribution in [0.3, 0.4) is 0 Å². The SMILES string of the molecule is CC(CCCCCCCCCOC(=O)C(N)Cc1ccccc1)OC(C)(C)C. The van der Waals surface area contributed by atoms with Gasteiger partial charge in [0.15, 0.2) is 0 Å². The van der Waals surface area contributed by atoms with E-state index in [1.165, 1.54) is 32.1 Å². The Hall–Kier alpha value is -1.39. The minimum atomic E-state index is -0.577. The Balaban J connectivity index is 1.94. The fraction of sp³-hybridized carbons (Fsp3) is 0.708. The fourth-order valence-electron chi connectivity index (χ4n) is 3.31. The molecule has 2 unspecified atom stereocenters. The maximum atomic E-state index is 11.9. The van der Waals surface area contributed by atoms with Gasteiger partial charge in [-0.05, 0) is 52.5 Å². The third kappa shape index (κ3) is 12.9. The van der Waals surface area contributed by atoms with Crippen LogP contribution in [0.5, 0.6) is 0 Å². The van der Waals surface area contributed by atoms with Crippen LogP contribution in [0.15, 0.2) is 30.3 Å². The molecule has 0 bridgehead atoms. The van der Waals surface area contributed by atoms with E-state index in [-0.39, 0.29) is 11.6 Å². The van der Waals surface area contributed by atoms with E-state index in [9.17, 15) is 4.79 Å². The number of rotatable bonds is 14. The summed E-state index contributed by atoms with van der Waals surface area (Å²) in [5.74, 6) is -0.296. The summed E-state index contributed by atoms with van der Waals surface area (Å²) in [5, 5.41) is 0. The molecule has 1 aromatic carbocycles. The highest BCUT2D eigenvalue weighted by molar-refractivity contribution is 5.75. The van der Waals surface area contributed by atoms with Gasteiger partial charge in [0.2, 0.25) is 0 Å². The highest BCUT2D eigenvalue weighted by atomic mass is 16.5. The van der Waals surface area contributed by atoms with Crippen molar-refractivity contribution in [3.63, 3.8) is 0 Å². The molecule has 1 rings (SSSR count). The van der Waals surface area contributed by atoms with Crippen molar-refractivity contribution in [2.75, 3.05) is 6.61 Å². The van der Waals surface area contributed by atoms with Gasteiger partial charge >= 0.3 is 5.97 Å². The van der Waals surface area contributed by atoms with Gasteiger partial charge in [-0.15, -0.1) is 0 Å². The quantitative estimate of drug-likeness (QED) is 0.339. The third-order valence-electron chi connectivity index (χ3n) is 4.66. The molecule has 2 atom stereocenters. The van der Waals surface area contributed by atoms with Crippen molar-refractivity contribution in [1.29, 1.82) is 0 Å². The lowest BCUT2D eigenvalue weighted by atomic mass is 10.1. The molecule has 4 nitrogen and oxygen atoms in total. The van der Waals surface area contributed by atoms with Gasteiger partial charge in [-0.3, -0.25) is 4.79 Å². The van der Waals surface area contributed by atoms with Crippen LogP contribution in [0.1, 0.15) is 84.6 Å². The molecule has 4 heteroatoms. The van der Waals surface area contributed by atoms with Crippen LogP contribution in [0.4, 0.5) is 0 Å². The van der Waals surface area contributed by atoms with Gasteiger partial charge in [-0.25, -0.2) is 0 Å². The summed E-state index contributed by atoms with van der Waals surface area (Å²) in [7, 11) is 0. The molecular weight excluding hydrogens is 350 g/mol. The van der Waals surface area contributed by atoms with Crippen LogP contribution in [0, 0.1) is 0 Å². The van der Waals surface area contributed by atoms with Crippen molar-refractivity contribution >= 4 is 5.97 Å². The Morgan fingerprint density at radius 1 is 0.964 bits per heavy atom. The predicted molar refractivity (Wildman–Crippen MR) is 116 cm³/mol. The number of unbranched alkanes of at least 4 members (excludes halogenated alkanes) is 6. The minimum Gasteiger partial charge on any atom is -0.465 e. The average Bonchev–Trinajstić information content (AvgIpc) is 2.62. The lowest BCUT2D eigenvalue weighted by Crippen LogP contribution is -2.34. The molecule has 0 heterocycles. The van der Waals surface area contributed by atoms with E-state index >= 15 is 0 Å². The summed E-state index contributed by atoms with van der Waals surface area (Å²) in [5.41, 5.74) is 6.94. The predicted octanol–water partition coefficient (Wildman–Crippen LogP) is 5.42. The summed E-state index contributed by atoms with van der Waals surface area (Å²) in [6.07, 6.45) is 10.2. The lowest BCUT2D eigenvalue weighted by Gasteiger charge is -2.25. The molecule has 2 N–H and O–H groups in total. The first-order valence-electron chi connectivity index (χ1n) is 10.9. The number of carbonyl (C=O) groups is 1. The van der Waals surface area contributed by atoms with E-state index in [1.807, 2.05) is 30.3 Å². The van der Waals surface area contributed by atoms with Crippen LogP contribution in [-0.4, -0.2) is 30.3 Å². The first kappa shape index (κ1) is 24.6. The number of esters is 1. The van der Waals surface area contributed by atoms with Crippen molar-refractivity contribution in [3.05, 3.63) is 35.9 Å². The first-order valence-corrected chi connectivity index (χ1v) is 10.9. The maximum absolute atomic E-state index is 11.9. The van der Waals surface area contributed by atoms with Crippen LogP contribution in [0.2, 0.25) is 0 Å². The average molecular weight is 392 g/mol. The second kappa shape index (κ2) is 13.7. The molecule has 0 saturated heterocycles. The summed E-state index contributed by atoms with van der Waals surface area (Å²) in [6.45, 7) is 8.97. The van der Waals surface area contributed by atoms with Crippen molar-refractivity contribution in [3.8, 4) is 0 Å². The molecule has 0 aliphatic rings. The molecule has 0 amide bonds. The van der Waals surface area contributed by atoms with Gasteiger partial charge < -0.3 is 15.2 Å². The van der Waals surface area contributed by atoms with Gasteiger partial charge in [0, 0.05) is 0 Å². The second-order valence-corrected chi connectivity index (χ2v) is 8.77. The third-order valence-corrected chi connectivity index (χ3v) is 4.66. The topological polar surface area (TPSA) is 61.5 Å². The van der Waals surface area contributed by atoms with Crippen molar-refractivity contribution in [1.82, 2.24) is 0 Å². The molecule has 0 fully saturated rings. The molecule has 0 aliphatic heterocycles. The molecule has 1 aromatic rings. The zero-order valence-corrected chi connectivity index (χ0v) is 18.4. The van der Waals surface area contributed by atoms with E-state index in [0.29, 0.717) is 19.1 Å². The van der Waals surface area contributed by atoms with E-state index < -0.39 is 6.04 Å². The molecule has 28 heavy (non-hydrogen) atoms. The summed E-state index contributed by atoms with van der Waals surface area (Å²) in [4.78, 5) is 11.9. The smallest absolute Gasteiger partial charge is 0.323 e. The van der Waals surface area contributed by atoms with Crippen molar-refractivity contribution < 1.29 is 14.3 Å². The Kier molecular flexibility index (Phi) is 12.1. The number of hydrogen-bond acceptors (Lipinski definition) is 4. The van der Waals surface area contributed by atoms with E-state index in [2.05, 4.69) is 27.7 Å².